The van der Waals surface area contributed by atoms with E-state index in [1.807, 2.05) is 30.3 Å². The molecule has 8 nitrogen and oxygen atoms in total. The maximum Gasteiger partial charge on any atom is 0.304 e. The van der Waals surface area contributed by atoms with Gasteiger partial charge in [-0.2, -0.15) is 0 Å². The maximum atomic E-state index is 13.7. The molecule has 41 heavy (non-hydrogen) atoms. The van der Waals surface area contributed by atoms with Gasteiger partial charge in [-0.3, -0.25) is 19.4 Å². The topological polar surface area (TPSA) is 95.0 Å². The Bertz CT molecular complexity index is 1280. The van der Waals surface area contributed by atoms with E-state index < -0.39 is 11.4 Å². The number of amides is 1. The summed E-state index contributed by atoms with van der Waals surface area (Å²) in [5.74, 6) is -0.558. The highest BCUT2D eigenvalue weighted by molar-refractivity contribution is 6.31. The number of carbonyl (C=O) groups excluding carboxylic acids is 1. The lowest BCUT2D eigenvalue weighted by molar-refractivity contribution is -0.145. The molecular formula is C32H41ClN4O4. The highest BCUT2D eigenvalue weighted by atomic mass is 35.5. The van der Waals surface area contributed by atoms with Crippen molar-refractivity contribution in [2.75, 3.05) is 39.8 Å². The molecule has 1 aromatic heterocycles. The van der Waals surface area contributed by atoms with Gasteiger partial charge in [0, 0.05) is 56.1 Å². The van der Waals surface area contributed by atoms with E-state index in [-0.39, 0.29) is 18.4 Å². The number of methoxy groups -OCH3 is 1. The Kier molecular flexibility index (Phi) is 9.63. The third-order valence-corrected chi connectivity index (χ3v) is 9.25. The molecule has 2 aromatic rings. The number of carboxylic acids is 1. The molecule has 3 heterocycles. The summed E-state index contributed by atoms with van der Waals surface area (Å²) in [6.45, 7) is 4.46. The van der Waals surface area contributed by atoms with E-state index in [0.717, 1.165) is 49.2 Å². The van der Waals surface area contributed by atoms with Crippen molar-refractivity contribution in [3.63, 3.8) is 0 Å². The number of carbonyl (C=O) groups is 2. The average Bonchev–Trinajstić information content (AvgIpc) is 3.38. The van der Waals surface area contributed by atoms with Crippen molar-refractivity contribution >= 4 is 23.5 Å². The van der Waals surface area contributed by atoms with Gasteiger partial charge in [-0.1, -0.05) is 35.4 Å². The Hall–Kier alpha value is -2.94. The van der Waals surface area contributed by atoms with E-state index in [2.05, 4.69) is 26.2 Å². The van der Waals surface area contributed by atoms with Crippen LogP contribution in [0, 0.1) is 5.41 Å². The predicted octanol–water partition coefficient (Wildman–Crippen LogP) is 5.16. The lowest BCUT2D eigenvalue weighted by Gasteiger charge is -2.35. The summed E-state index contributed by atoms with van der Waals surface area (Å²) in [7, 11) is 1.58. The first-order valence-electron chi connectivity index (χ1n) is 14.8. The summed E-state index contributed by atoms with van der Waals surface area (Å²) in [6.07, 6.45) is 11.2. The summed E-state index contributed by atoms with van der Waals surface area (Å²) < 4.78 is 5.31. The first kappa shape index (κ1) is 29.5. The molecule has 2 aliphatic heterocycles. The van der Waals surface area contributed by atoms with E-state index in [0.29, 0.717) is 37.0 Å². The first-order chi connectivity index (χ1) is 19.8. The number of allylic oxidation sites excluding steroid dienone is 1. The van der Waals surface area contributed by atoms with Crippen LogP contribution in [0.5, 0.6) is 5.88 Å². The molecule has 1 aliphatic carbocycles. The van der Waals surface area contributed by atoms with Gasteiger partial charge in [0.15, 0.2) is 0 Å². The van der Waals surface area contributed by atoms with Gasteiger partial charge in [-0.25, -0.2) is 4.98 Å². The molecule has 2 N–H and O–H groups in total. The zero-order chi connectivity index (χ0) is 28.8. The summed E-state index contributed by atoms with van der Waals surface area (Å²) >= 11 is 6.70. The van der Waals surface area contributed by atoms with Crippen LogP contribution in [0.4, 0.5) is 0 Å². The van der Waals surface area contributed by atoms with Crippen molar-refractivity contribution in [1.82, 2.24) is 20.1 Å². The van der Waals surface area contributed by atoms with Gasteiger partial charge >= 0.3 is 5.97 Å². The number of hydrogen-bond acceptors (Lipinski definition) is 6. The molecule has 5 rings (SSSR count). The van der Waals surface area contributed by atoms with Crippen molar-refractivity contribution in [2.45, 2.75) is 64.0 Å². The SMILES string of the molecule is COc1cc(-c2cccc(Cl)c2CN2CC[C@](CC(=O)O)(C(=O)NC3CCN(CC4=CCCCC4)CC3)C2)ccn1. The standard InChI is InChI=1S/C32H41ClN4O4/c1-41-29-18-24(10-14-34-29)26-8-5-9-28(33)27(26)21-37-17-13-32(22-37,19-30(38)39)31(40)35-25-11-15-36(16-12-25)20-23-6-3-2-4-7-23/h5-6,8-10,14,18,25H,2-4,7,11-13,15-17,19-22H2,1H3,(H,35,40)(H,38,39)/t32-/m1/s1. The smallest absolute Gasteiger partial charge is 0.304 e. The Morgan fingerprint density at radius 1 is 1.15 bits per heavy atom. The van der Waals surface area contributed by atoms with E-state index in [1.165, 1.54) is 25.7 Å². The summed E-state index contributed by atoms with van der Waals surface area (Å²) in [5, 5.41) is 13.7. The molecular weight excluding hydrogens is 540 g/mol. The number of halogens is 1. The highest BCUT2D eigenvalue weighted by Crippen LogP contribution is 2.38. The number of nitrogens with zero attached hydrogens (tertiary/aromatic N) is 3. The monoisotopic (exact) mass is 580 g/mol. The average molecular weight is 581 g/mol. The quantitative estimate of drug-likeness (QED) is 0.375. The molecule has 2 saturated heterocycles. The van der Waals surface area contributed by atoms with Gasteiger partial charge in [0.1, 0.15) is 0 Å². The second-order valence-corrected chi connectivity index (χ2v) is 12.2. The van der Waals surface area contributed by atoms with E-state index in [1.54, 1.807) is 18.9 Å². The largest absolute Gasteiger partial charge is 0.481 e. The van der Waals surface area contributed by atoms with Crippen LogP contribution in [0.1, 0.15) is 56.9 Å². The van der Waals surface area contributed by atoms with Crippen LogP contribution in [0.3, 0.4) is 0 Å². The molecule has 1 atom stereocenters. The van der Waals surface area contributed by atoms with E-state index in [9.17, 15) is 14.7 Å². The molecule has 1 amide bonds. The van der Waals surface area contributed by atoms with Crippen LogP contribution in [0.2, 0.25) is 5.02 Å². The van der Waals surface area contributed by atoms with Crippen LogP contribution in [0.15, 0.2) is 48.2 Å². The Morgan fingerprint density at radius 3 is 2.71 bits per heavy atom. The van der Waals surface area contributed by atoms with Gasteiger partial charge in [0.2, 0.25) is 11.8 Å². The van der Waals surface area contributed by atoms with Crippen molar-refractivity contribution in [1.29, 1.82) is 0 Å². The second-order valence-electron chi connectivity index (χ2n) is 11.8. The number of carboxylic acid groups (broad SMARTS) is 1. The molecule has 2 fully saturated rings. The lowest BCUT2D eigenvalue weighted by atomic mass is 9.82. The number of aliphatic carboxylic acids is 1. The molecule has 9 heteroatoms. The maximum absolute atomic E-state index is 13.7. The molecule has 0 saturated carbocycles. The number of rotatable bonds is 10. The highest BCUT2D eigenvalue weighted by Gasteiger charge is 2.47. The van der Waals surface area contributed by atoms with Gasteiger partial charge in [0.05, 0.1) is 18.9 Å². The number of ether oxygens (including phenoxy) is 1. The molecule has 0 unspecified atom stereocenters. The van der Waals surface area contributed by atoms with Crippen molar-refractivity contribution in [3.05, 3.63) is 58.8 Å². The number of likely N-dealkylation sites (tertiary alicyclic amines) is 2. The number of nitrogens with one attached hydrogen (secondary N) is 1. The number of piperidine rings is 1. The summed E-state index contributed by atoms with van der Waals surface area (Å²) in [5.41, 5.74) is 3.43. The van der Waals surface area contributed by atoms with Crippen LogP contribution in [0.25, 0.3) is 11.1 Å². The number of hydrogen-bond donors (Lipinski definition) is 2. The van der Waals surface area contributed by atoms with Gasteiger partial charge in [-0.15, -0.1) is 0 Å². The number of benzene rings is 1. The van der Waals surface area contributed by atoms with Crippen LogP contribution in [-0.2, 0) is 16.1 Å². The number of pyridine rings is 1. The lowest BCUT2D eigenvalue weighted by Crippen LogP contribution is -2.51. The Balaban J connectivity index is 1.24. The van der Waals surface area contributed by atoms with Crippen molar-refractivity contribution in [2.24, 2.45) is 5.41 Å². The van der Waals surface area contributed by atoms with Crippen LogP contribution in [-0.4, -0.2) is 77.6 Å². The van der Waals surface area contributed by atoms with Gasteiger partial charge < -0.3 is 15.2 Å². The molecule has 220 valence electrons. The second kappa shape index (κ2) is 13.4. The molecule has 3 aliphatic rings. The minimum absolute atomic E-state index is 0.0793. The van der Waals surface area contributed by atoms with Gasteiger partial charge in [-0.05, 0) is 80.3 Å². The van der Waals surface area contributed by atoms with Crippen molar-refractivity contribution in [3.8, 4) is 17.0 Å². The molecule has 0 radical (unpaired) electrons. The van der Waals surface area contributed by atoms with Crippen LogP contribution >= 0.6 is 11.6 Å². The normalized spacial score (nSPS) is 22.3. The third kappa shape index (κ3) is 7.29. The van der Waals surface area contributed by atoms with Crippen LogP contribution < -0.4 is 10.1 Å². The minimum atomic E-state index is -0.961. The van der Waals surface area contributed by atoms with E-state index in [4.69, 9.17) is 16.3 Å². The molecule has 0 bridgehead atoms. The van der Waals surface area contributed by atoms with E-state index >= 15 is 0 Å². The summed E-state index contributed by atoms with van der Waals surface area (Å²) in [6, 6.07) is 9.66. The van der Waals surface area contributed by atoms with Gasteiger partial charge in [0.25, 0.3) is 0 Å². The van der Waals surface area contributed by atoms with Crippen molar-refractivity contribution < 1.29 is 19.4 Å². The Labute approximate surface area is 247 Å². The predicted molar refractivity (Wildman–Crippen MR) is 160 cm³/mol. The fourth-order valence-electron chi connectivity index (χ4n) is 6.60. The third-order valence-electron chi connectivity index (χ3n) is 8.89. The number of aromatic nitrogens is 1. The zero-order valence-electron chi connectivity index (χ0n) is 23.9. The molecule has 0 spiro atoms. The zero-order valence-corrected chi connectivity index (χ0v) is 24.7. The Morgan fingerprint density at radius 2 is 1.98 bits per heavy atom. The minimum Gasteiger partial charge on any atom is -0.481 e. The summed E-state index contributed by atoms with van der Waals surface area (Å²) in [4.78, 5) is 34.5. The fourth-order valence-corrected chi connectivity index (χ4v) is 6.84. The fraction of sp³-hybridized carbons (Fsp3) is 0.531. The molecule has 1 aromatic carbocycles. The first-order valence-corrected chi connectivity index (χ1v) is 15.2.